The molecule has 0 aromatic heterocycles. The molecular weight excluding hydrogens is 564 g/mol. The zero-order chi connectivity index (χ0) is 33.2. The Morgan fingerprint density at radius 2 is 0.733 bits per heavy atom. The molecule has 0 N–H and O–H groups in total. The molecule has 266 valence electrons. The molecule has 0 aromatic rings. The van der Waals surface area contributed by atoms with Gasteiger partial charge in [-0.25, -0.2) is 0 Å². The van der Waals surface area contributed by atoms with Gasteiger partial charge in [0.25, 0.3) is 0 Å². The second-order valence-corrected chi connectivity index (χ2v) is 13.7. The number of hydrogen-bond acceptors (Lipinski definition) is 6. The summed E-state index contributed by atoms with van der Waals surface area (Å²) in [4.78, 5) is 37.2. The molecule has 6 heteroatoms. The predicted molar refractivity (Wildman–Crippen MR) is 187 cm³/mol. The number of hydrogen-bond donors (Lipinski definition) is 0. The molecule has 0 aromatic carbocycles. The van der Waals surface area contributed by atoms with Gasteiger partial charge in [-0.15, -0.1) is 0 Å². The highest BCUT2D eigenvalue weighted by atomic mass is 16.6. The van der Waals surface area contributed by atoms with Crippen LogP contribution in [0.2, 0.25) is 0 Å². The molecular formula is C39H74O6. The van der Waals surface area contributed by atoms with Gasteiger partial charge in [0.05, 0.1) is 0 Å². The van der Waals surface area contributed by atoms with Crippen LogP contribution < -0.4 is 0 Å². The van der Waals surface area contributed by atoms with Gasteiger partial charge < -0.3 is 14.2 Å². The van der Waals surface area contributed by atoms with Crippen LogP contribution in [-0.4, -0.2) is 37.2 Å². The Bertz CT molecular complexity index is 676. The van der Waals surface area contributed by atoms with E-state index in [2.05, 4.69) is 27.7 Å². The highest BCUT2D eigenvalue weighted by molar-refractivity contribution is 5.71. The average molecular weight is 639 g/mol. The lowest BCUT2D eigenvalue weighted by Crippen LogP contribution is -2.30. The zero-order valence-electron chi connectivity index (χ0n) is 30.3. The fourth-order valence-electron chi connectivity index (χ4n) is 5.57. The van der Waals surface area contributed by atoms with Gasteiger partial charge in [0.2, 0.25) is 0 Å². The first-order chi connectivity index (χ1) is 21.9. The molecule has 0 bridgehead atoms. The van der Waals surface area contributed by atoms with Crippen LogP contribution in [-0.2, 0) is 28.6 Å². The molecule has 0 rings (SSSR count). The number of unbranched alkanes of at least 4 members (excludes halogenated alkanes) is 21. The van der Waals surface area contributed by atoms with E-state index in [1.807, 2.05) is 0 Å². The number of carbonyl (C=O) groups excluding carboxylic acids is 3. The van der Waals surface area contributed by atoms with Crippen LogP contribution in [0.5, 0.6) is 0 Å². The number of esters is 3. The minimum absolute atomic E-state index is 0.0663. The highest BCUT2D eigenvalue weighted by Gasteiger charge is 2.19. The van der Waals surface area contributed by atoms with Gasteiger partial charge in [-0.3, -0.25) is 14.4 Å². The SMILES string of the molecule is CCCCCCCCCCCCCC(=O)OC[C@H](COC(=O)CCCCCCC)OC(=O)CCCCCCCCCCC(C)C. The summed E-state index contributed by atoms with van der Waals surface area (Å²) in [6, 6.07) is 0. The average Bonchev–Trinajstić information content (AvgIpc) is 3.01. The van der Waals surface area contributed by atoms with Crippen LogP contribution in [0, 0.1) is 5.92 Å². The van der Waals surface area contributed by atoms with Crippen molar-refractivity contribution in [3.63, 3.8) is 0 Å². The van der Waals surface area contributed by atoms with Gasteiger partial charge in [0, 0.05) is 19.3 Å². The predicted octanol–water partition coefficient (Wildman–Crippen LogP) is 11.6. The number of ether oxygens (including phenoxy) is 3. The Morgan fingerprint density at radius 3 is 1.09 bits per heavy atom. The standard InChI is InChI=1S/C39H74O6/c1-5-7-9-11-12-13-14-15-19-23-27-31-38(41)44-34-36(33-43-37(40)30-26-21-10-8-6-2)45-39(42)32-28-24-20-17-16-18-22-25-29-35(3)4/h35-36H,5-34H2,1-4H3/t36-/m0/s1. The molecule has 0 unspecified atom stereocenters. The normalized spacial score (nSPS) is 11.9. The first-order valence-electron chi connectivity index (χ1n) is 19.4. The summed E-state index contributed by atoms with van der Waals surface area (Å²) in [7, 11) is 0. The van der Waals surface area contributed by atoms with Crippen LogP contribution in [0.4, 0.5) is 0 Å². The summed E-state index contributed by atoms with van der Waals surface area (Å²) in [5.74, 6) is -0.0869. The van der Waals surface area contributed by atoms with Crippen molar-refractivity contribution < 1.29 is 28.6 Å². The lowest BCUT2D eigenvalue weighted by atomic mass is 10.0. The van der Waals surface area contributed by atoms with Crippen molar-refractivity contribution in [2.75, 3.05) is 13.2 Å². The molecule has 0 fully saturated rings. The molecule has 0 aliphatic heterocycles. The molecule has 0 aliphatic carbocycles. The first-order valence-corrected chi connectivity index (χ1v) is 19.4. The van der Waals surface area contributed by atoms with Gasteiger partial charge in [0.1, 0.15) is 13.2 Å². The Morgan fingerprint density at radius 1 is 0.422 bits per heavy atom. The summed E-state index contributed by atoms with van der Waals surface area (Å²) in [5, 5.41) is 0. The Kier molecular flexibility index (Phi) is 32.6. The molecule has 0 radical (unpaired) electrons. The van der Waals surface area contributed by atoms with E-state index in [1.54, 1.807) is 0 Å². The third-order valence-electron chi connectivity index (χ3n) is 8.54. The van der Waals surface area contributed by atoms with E-state index in [0.29, 0.717) is 19.3 Å². The van der Waals surface area contributed by atoms with Crippen LogP contribution in [0.25, 0.3) is 0 Å². The van der Waals surface area contributed by atoms with Crippen molar-refractivity contribution in [2.24, 2.45) is 5.92 Å². The van der Waals surface area contributed by atoms with Crippen molar-refractivity contribution in [3.05, 3.63) is 0 Å². The third kappa shape index (κ3) is 33.6. The minimum atomic E-state index is -0.756. The van der Waals surface area contributed by atoms with Gasteiger partial charge in [-0.1, -0.05) is 169 Å². The maximum Gasteiger partial charge on any atom is 0.306 e. The lowest BCUT2D eigenvalue weighted by Gasteiger charge is -2.18. The van der Waals surface area contributed by atoms with Crippen molar-refractivity contribution in [1.29, 1.82) is 0 Å². The minimum Gasteiger partial charge on any atom is -0.462 e. The molecule has 0 aliphatic rings. The number of rotatable bonds is 34. The summed E-state index contributed by atoms with van der Waals surface area (Å²) in [5.41, 5.74) is 0. The van der Waals surface area contributed by atoms with Crippen molar-refractivity contribution >= 4 is 17.9 Å². The van der Waals surface area contributed by atoms with E-state index in [-0.39, 0.29) is 31.1 Å². The fraction of sp³-hybridized carbons (Fsp3) is 0.923. The van der Waals surface area contributed by atoms with Gasteiger partial charge in [0.15, 0.2) is 6.10 Å². The maximum atomic E-state index is 12.6. The summed E-state index contributed by atoms with van der Waals surface area (Å²) in [6.45, 7) is 8.84. The largest absolute Gasteiger partial charge is 0.462 e. The van der Waals surface area contributed by atoms with E-state index in [9.17, 15) is 14.4 Å². The van der Waals surface area contributed by atoms with Crippen LogP contribution in [0.3, 0.4) is 0 Å². The molecule has 6 nitrogen and oxygen atoms in total. The summed E-state index contributed by atoms with van der Waals surface area (Å²) < 4.78 is 16.5. The molecule has 0 heterocycles. The van der Waals surface area contributed by atoms with Crippen molar-refractivity contribution in [2.45, 2.75) is 214 Å². The molecule has 0 amide bonds. The van der Waals surface area contributed by atoms with Crippen LogP contribution >= 0.6 is 0 Å². The fourth-order valence-corrected chi connectivity index (χ4v) is 5.57. The molecule has 0 spiro atoms. The van der Waals surface area contributed by atoms with E-state index in [0.717, 1.165) is 70.1 Å². The van der Waals surface area contributed by atoms with Crippen molar-refractivity contribution in [1.82, 2.24) is 0 Å². The molecule has 45 heavy (non-hydrogen) atoms. The second-order valence-electron chi connectivity index (χ2n) is 13.7. The van der Waals surface area contributed by atoms with Gasteiger partial charge in [-0.05, 0) is 25.2 Å². The Labute approximate surface area is 278 Å². The van der Waals surface area contributed by atoms with Crippen molar-refractivity contribution in [3.8, 4) is 0 Å². The van der Waals surface area contributed by atoms with Crippen LogP contribution in [0.1, 0.15) is 207 Å². The molecule has 0 saturated carbocycles. The first kappa shape index (κ1) is 43.4. The summed E-state index contributed by atoms with van der Waals surface area (Å²) in [6.07, 6.45) is 29.7. The molecule has 0 saturated heterocycles. The Balaban J connectivity index is 4.28. The van der Waals surface area contributed by atoms with E-state index in [4.69, 9.17) is 14.2 Å². The monoisotopic (exact) mass is 639 g/mol. The van der Waals surface area contributed by atoms with Gasteiger partial charge >= 0.3 is 17.9 Å². The lowest BCUT2D eigenvalue weighted by molar-refractivity contribution is -0.167. The molecule has 1 atom stereocenters. The quantitative estimate of drug-likeness (QED) is 0.0396. The maximum absolute atomic E-state index is 12.6. The van der Waals surface area contributed by atoms with Gasteiger partial charge in [-0.2, -0.15) is 0 Å². The van der Waals surface area contributed by atoms with E-state index < -0.39 is 6.10 Å². The summed E-state index contributed by atoms with van der Waals surface area (Å²) >= 11 is 0. The second kappa shape index (κ2) is 33.8. The number of carbonyl (C=O) groups is 3. The zero-order valence-corrected chi connectivity index (χ0v) is 30.3. The topological polar surface area (TPSA) is 78.9 Å². The highest BCUT2D eigenvalue weighted by Crippen LogP contribution is 2.15. The van der Waals surface area contributed by atoms with E-state index in [1.165, 1.54) is 96.3 Å². The van der Waals surface area contributed by atoms with E-state index >= 15 is 0 Å². The Hall–Kier alpha value is -1.59. The third-order valence-corrected chi connectivity index (χ3v) is 8.54. The van der Waals surface area contributed by atoms with Crippen LogP contribution in [0.15, 0.2) is 0 Å². The smallest absolute Gasteiger partial charge is 0.306 e.